The molecule has 0 fully saturated rings. The zero-order chi connectivity index (χ0) is 27.6. The molecule has 0 bridgehead atoms. The molecule has 0 unspecified atom stereocenters. The number of hydrogen-bond donors (Lipinski definition) is 2. The minimum absolute atomic E-state index is 0.0532. The van der Waals surface area contributed by atoms with Crippen molar-refractivity contribution >= 4 is 11.6 Å². The van der Waals surface area contributed by atoms with Gasteiger partial charge in [-0.2, -0.15) is 13.2 Å². The summed E-state index contributed by atoms with van der Waals surface area (Å²) in [6.07, 6.45) is -0.947. The zero-order valence-corrected chi connectivity index (χ0v) is 21.9. The van der Waals surface area contributed by atoms with Crippen molar-refractivity contribution < 1.29 is 13.2 Å². The molecule has 0 aliphatic carbocycles. The lowest BCUT2D eigenvalue weighted by molar-refractivity contribution is -0.137. The van der Waals surface area contributed by atoms with Crippen molar-refractivity contribution in [2.24, 2.45) is 0 Å². The van der Waals surface area contributed by atoms with Crippen LogP contribution in [0.25, 0.3) is 28.3 Å². The van der Waals surface area contributed by atoms with E-state index in [9.17, 15) is 13.2 Å². The monoisotopic (exact) mass is 530 g/mol. The second-order valence-corrected chi connectivity index (χ2v) is 9.73. The Kier molecular flexibility index (Phi) is 7.34. The lowest BCUT2D eigenvalue weighted by Gasteiger charge is -2.15. The molecule has 3 heterocycles. The first-order valence-corrected chi connectivity index (χ1v) is 12.8. The normalized spacial score (nSPS) is 12.7. The van der Waals surface area contributed by atoms with Gasteiger partial charge in [0, 0.05) is 30.5 Å². The Morgan fingerprint density at radius 2 is 1.69 bits per heavy atom. The molecular formula is C30H29F3N6. The second-order valence-electron chi connectivity index (χ2n) is 9.73. The van der Waals surface area contributed by atoms with Crippen LogP contribution < -0.4 is 10.6 Å². The van der Waals surface area contributed by atoms with Crippen LogP contribution in [0, 0.1) is 0 Å². The van der Waals surface area contributed by atoms with Crippen LogP contribution in [0.1, 0.15) is 43.5 Å². The first-order chi connectivity index (χ1) is 18.7. The molecule has 3 aromatic heterocycles. The van der Waals surface area contributed by atoms with E-state index in [1.54, 1.807) is 18.3 Å². The highest BCUT2D eigenvalue weighted by Gasteiger charge is 2.31. The van der Waals surface area contributed by atoms with Crippen molar-refractivity contribution in [1.82, 2.24) is 24.7 Å². The van der Waals surface area contributed by atoms with Crippen molar-refractivity contribution in [1.29, 1.82) is 0 Å². The van der Waals surface area contributed by atoms with E-state index < -0.39 is 11.7 Å². The summed E-state index contributed by atoms with van der Waals surface area (Å²) in [4.78, 5) is 13.9. The maximum atomic E-state index is 13.6. The van der Waals surface area contributed by atoms with Gasteiger partial charge >= 0.3 is 6.18 Å². The van der Waals surface area contributed by atoms with Crippen molar-refractivity contribution in [2.45, 2.75) is 45.6 Å². The maximum absolute atomic E-state index is 13.6. The van der Waals surface area contributed by atoms with E-state index in [1.807, 2.05) is 60.0 Å². The Hall–Kier alpha value is -4.24. The molecule has 0 saturated carbocycles. The Morgan fingerprint density at radius 1 is 0.897 bits per heavy atom. The number of hydrogen-bond acceptors (Lipinski definition) is 5. The van der Waals surface area contributed by atoms with E-state index in [4.69, 9.17) is 9.97 Å². The minimum Gasteiger partial charge on any atom is -0.348 e. The van der Waals surface area contributed by atoms with Crippen LogP contribution in [0.5, 0.6) is 0 Å². The molecular weight excluding hydrogens is 501 g/mol. The molecule has 1 atom stereocenters. The van der Waals surface area contributed by atoms with Gasteiger partial charge in [0.2, 0.25) is 5.95 Å². The second kappa shape index (κ2) is 10.9. The van der Waals surface area contributed by atoms with Crippen molar-refractivity contribution in [3.05, 3.63) is 102 Å². The summed E-state index contributed by atoms with van der Waals surface area (Å²) < 4.78 is 42.6. The number of nitrogens with one attached hydrogen (secondary N) is 2. The standard InChI is InChI=1S/C30H29F3N6/c1-19(2)35-18-21-13-15-39-26(16-21)38-27(23-10-7-11-24(17-23)30(31,32)33)28(39)25-12-14-34-29(37-25)36-20(3)22-8-5-4-6-9-22/h4-17,19-20,35H,18H2,1-3H3,(H,34,36,37)/t20-/m0/s1. The molecule has 9 heteroatoms. The number of halogens is 3. The van der Waals surface area contributed by atoms with Gasteiger partial charge in [0.25, 0.3) is 0 Å². The molecule has 0 radical (unpaired) electrons. The highest BCUT2D eigenvalue weighted by atomic mass is 19.4. The molecule has 0 spiro atoms. The molecule has 200 valence electrons. The van der Waals surface area contributed by atoms with Crippen LogP contribution in [-0.4, -0.2) is 25.4 Å². The summed E-state index contributed by atoms with van der Waals surface area (Å²) in [6.45, 7) is 6.79. The first-order valence-electron chi connectivity index (χ1n) is 12.8. The molecule has 39 heavy (non-hydrogen) atoms. The van der Waals surface area contributed by atoms with Gasteiger partial charge in [0.15, 0.2) is 0 Å². The number of benzene rings is 2. The summed E-state index contributed by atoms with van der Waals surface area (Å²) in [5.41, 5.74) is 3.88. The van der Waals surface area contributed by atoms with Gasteiger partial charge in [0.1, 0.15) is 5.65 Å². The largest absolute Gasteiger partial charge is 0.416 e. The maximum Gasteiger partial charge on any atom is 0.416 e. The van der Waals surface area contributed by atoms with Gasteiger partial charge in [-0.25, -0.2) is 15.0 Å². The fraction of sp³-hybridized carbons (Fsp3) is 0.233. The van der Waals surface area contributed by atoms with Crippen LogP contribution in [-0.2, 0) is 12.7 Å². The van der Waals surface area contributed by atoms with Crippen LogP contribution in [0.3, 0.4) is 0 Å². The number of rotatable bonds is 8. The highest BCUT2D eigenvalue weighted by molar-refractivity contribution is 5.81. The molecule has 6 nitrogen and oxygen atoms in total. The first kappa shape index (κ1) is 26.4. The van der Waals surface area contributed by atoms with Gasteiger partial charge < -0.3 is 10.6 Å². The van der Waals surface area contributed by atoms with Crippen LogP contribution >= 0.6 is 0 Å². The molecule has 2 aromatic carbocycles. The van der Waals surface area contributed by atoms with E-state index in [0.29, 0.717) is 46.8 Å². The molecule has 0 amide bonds. The number of imidazole rings is 1. The highest BCUT2D eigenvalue weighted by Crippen LogP contribution is 2.36. The average Bonchev–Trinajstić information content (AvgIpc) is 3.31. The number of anilines is 1. The molecule has 2 N–H and O–H groups in total. The van der Waals surface area contributed by atoms with Gasteiger partial charge in [-0.15, -0.1) is 0 Å². The Balaban J connectivity index is 1.61. The summed E-state index contributed by atoms with van der Waals surface area (Å²) in [6, 6.07) is 21.1. The molecule has 0 aliphatic heterocycles. The number of nitrogens with zero attached hydrogens (tertiary/aromatic N) is 4. The summed E-state index contributed by atoms with van der Waals surface area (Å²) in [5.74, 6) is 0.409. The van der Waals surface area contributed by atoms with Crippen LogP contribution in [0.4, 0.5) is 19.1 Å². The van der Waals surface area contributed by atoms with Gasteiger partial charge in [0.05, 0.1) is 28.7 Å². The summed E-state index contributed by atoms with van der Waals surface area (Å²) in [7, 11) is 0. The number of fused-ring (bicyclic) bond motifs is 1. The predicted molar refractivity (Wildman–Crippen MR) is 147 cm³/mol. The van der Waals surface area contributed by atoms with Gasteiger partial charge in [-0.1, -0.05) is 56.3 Å². The summed E-state index contributed by atoms with van der Waals surface area (Å²) in [5, 5.41) is 6.71. The van der Waals surface area contributed by atoms with Crippen molar-refractivity contribution in [2.75, 3.05) is 5.32 Å². The van der Waals surface area contributed by atoms with Crippen molar-refractivity contribution in [3.63, 3.8) is 0 Å². The Bertz CT molecular complexity index is 1580. The third-order valence-electron chi connectivity index (χ3n) is 6.41. The van der Waals surface area contributed by atoms with E-state index in [0.717, 1.165) is 23.3 Å². The fourth-order valence-corrected chi connectivity index (χ4v) is 4.39. The van der Waals surface area contributed by atoms with Crippen LogP contribution in [0.15, 0.2) is 85.2 Å². The molecule has 5 rings (SSSR count). The third kappa shape index (κ3) is 5.93. The smallest absolute Gasteiger partial charge is 0.348 e. The average molecular weight is 531 g/mol. The minimum atomic E-state index is -4.47. The van der Waals surface area contributed by atoms with E-state index in [2.05, 4.69) is 29.5 Å². The lowest BCUT2D eigenvalue weighted by Crippen LogP contribution is -2.21. The van der Waals surface area contributed by atoms with Gasteiger partial charge in [-0.3, -0.25) is 4.40 Å². The van der Waals surface area contributed by atoms with Crippen molar-refractivity contribution in [3.8, 4) is 22.6 Å². The topological polar surface area (TPSA) is 67.1 Å². The molecule has 0 saturated heterocycles. The zero-order valence-electron chi connectivity index (χ0n) is 21.9. The molecule has 5 aromatic rings. The predicted octanol–water partition coefficient (Wildman–Crippen LogP) is 7.15. The SMILES string of the molecule is CC(C)NCc1ccn2c(-c3ccnc(N[C@@H](C)c4ccccc4)n3)c(-c3cccc(C(F)(F)F)c3)nc2c1. The third-order valence-corrected chi connectivity index (χ3v) is 6.41. The van der Waals surface area contributed by atoms with Gasteiger partial charge in [-0.05, 0) is 48.4 Å². The quantitative estimate of drug-likeness (QED) is 0.223. The number of alkyl halides is 3. The fourth-order valence-electron chi connectivity index (χ4n) is 4.39. The Labute approximate surface area is 225 Å². The van der Waals surface area contributed by atoms with E-state index >= 15 is 0 Å². The van der Waals surface area contributed by atoms with E-state index in [1.165, 1.54) is 6.07 Å². The lowest BCUT2D eigenvalue weighted by atomic mass is 10.0. The number of aromatic nitrogens is 4. The number of pyridine rings is 1. The van der Waals surface area contributed by atoms with Crippen LogP contribution in [0.2, 0.25) is 0 Å². The summed E-state index contributed by atoms with van der Waals surface area (Å²) >= 11 is 0. The van der Waals surface area contributed by atoms with E-state index in [-0.39, 0.29) is 6.04 Å². The molecule has 0 aliphatic rings. The Morgan fingerprint density at radius 3 is 2.44 bits per heavy atom.